The van der Waals surface area contributed by atoms with Crippen molar-refractivity contribution in [2.45, 2.75) is 6.42 Å². The van der Waals surface area contributed by atoms with Crippen LogP contribution in [0, 0.1) is 0 Å². The molecule has 0 unspecified atom stereocenters. The van der Waals surface area contributed by atoms with Gasteiger partial charge >= 0.3 is 5.97 Å². The van der Waals surface area contributed by atoms with Crippen LogP contribution in [0.1, 0.15) is 24.9 Å². The number of benzene rings is 1. The molecule has 0 bridgehead atoms. The second-order valence-corrected chi connectivity index (χ2v) is 8.63. The zero-order valence-electron chi connectivity index (χ0n) is 13.3. The van der Waals surface area contributed by atoms with Gasteiger partial charge in [0, 0.05) is 16.4 Å². The lowest BCUT2D eigenvalue weighted by Crippen LogP contribution is -2.24. The van der Waals surface area contributed by atoms with Crippen molar-refractivity contribution in [3.8, 4) is 0 Å². The highest BCUT2D eigenvalue weighted by Crippen LogP contribution is 2.18. The number of hydrogen-bond donors (Lipinski definition) is 1. The SMILES string of the molecule is CS(=O)(=O)NCCc1ccc(C(=O)COC(=O)c2cccc(Cl)c2)s1. The van der Waals surface area contributed by atoms with Crippen LogP contribution in [0.25, 0.3) is 0 Å². The van der Waals surface area contributed by atoms with E-state index >= 15 is 0 Å². The van der Waals surface area contributed by atoms with E-state index in [0.717, 1.165) is 11.1 Å². The number of halogens is 1. The van der Waals surface area contributed by atoms with E-state index in [1.807, 2.05) is 0 Å². The van der Waals surface area contributed by atoms with Gasteiger partial charge in [0.1, 0.15) is 0 Å². The Bertz CT molecular complexity index is 876. The quantitative estimate of drug-likeness (QED) is 0.542. The van der Waals surface area contributed by atoms with Crippen molar-refractivity contribution in [2.24, 2.45) is 0 Å². The molecule has 0 spiro atoms. The molecule has 1 aromatic heterocycles. The number of rotatable bonds is 8. The average Bonchev–Trinajstić information content (AvgIpc) is 3.00. The molecule has 0 aliphatic heterocycles. The molecule has 0 amide bonds. The van der Waals surface area contributed by atoms with Gasteiger partial charge in [0.15, 0.2) is 6.61 Å². The second-order valence-electron chi connectivity index (χ2n) is 5.19. The van der Waals surface area contributed by atoms with Gasteiger partial charge in [-0.2, -0.15) is 0 Å². The molecule has 2 aromatic rings. The number of sulfonamides is 1. The molecule has 0 aliphatic carbocycles. The first-order valence-electron chi connectivity index (χ1n) is 7.24. The molecule has 6 nitrogen and oxygen atoms in total. The number of carbonyl (C=O) groups is 2. The lowest BCUT2D eigenvalue weighted by atomic mass is 10.2. The molecule has 0 aliphatic rings. The summed E-state index contributed by atoms with van der Waals surface area (Å²) < 4.78 is 29.4. The van der Waals surface area contributed by atoms with E-state index in [-0.39, 0.29) is 24.5 Å². The Morgan fingerprint density at radius 1 is 1.24 bits per heavy atom. The fourth-order valence-electron chi connectivity index (χ4n) is 1.92. The molecule has 0 atom stereocenters. The minimum absolute atomic E-state index is 0.261. The van der Waals surface area contributed by atoms with Crippen molar-refractivity contribution < 1.29 is 22.7 Å². The van der Waals surface area contributed by atoms with Crippen LogP contribution in [0.4, 0.5) is 0 Å². The minimum Gasteiger partial charge on any atom is -0.454 e. The zero-order chi connectivity index (χ0) is 18.4. The highest BCUT2D eigenvalue weighted by molar-refractivity contribution is 7.88. The Labute approximate surface area is 154 Å². The summed E-state index contributed by atoms with van der Waals surface area (Å²) in [6.07, 6.45) is 1.57. The standard InChI is InChI=1S/C16H16ClNO5S2/c1-25(21,22)18-8-7-13-5-6-15(24-13)14(19)10-23-16(20)11-3-2-4-12(17)9-11/h2-6,9,18H,7-8,10H2,1H3. The van der Waals surface area contributed by atoms with Crippen molar-refractivity contribution in [3.05, 3.63) is 56.7 Å². The predicted molar refractivity (Wildman–Crippen MR) is 96.9 cm³/mol. The van der Waals surface area contributed by atoms with Gasteiger partial charge in [-0.3, -0.25) is 4.79 Å². The Hall–Kier alpha value is -1.74. The zero-order valence-corrected chi connectivity index (χ0v) is 15.7. The summed E-state index contributed by atoms with van der Waals surface area (Å²) in [5, 5.41) is 0.409. The third kappa shape index (κ3) is 6.58. The molecule has 1 aromatic carbocycles. The van der Waals surface area contributed by atoms with Crippen LogP contribution in [0.5, 0.6) is 0 Å². The highest BCUT2D eigenvalue weighted by atomic mass is 35.5. The maximum atomic E-state index is 12.1. The summed E-state index contributed by atoms with van der Waals surface area (Å²) in [5.74, 6) is -0.937. The molecule has 0 radical (unpaired) electrons. The van der Waals surface area contributed by atoms with Crippen molar-refractivity contribution in [1.82, 2.24) is 4.72 Å². The Morgan fingerprint density at radius 2 is 2.00 bits per heavy atom. The van der Waals surface area contributed by atoms with Gasteiger partial charge in [-0.1, -0.05) is 17.7 Å². The van der Waals surface area contributed by atoms with E-state index in [4.69, 9.17) is 16.3 Å². The number of nitrogens with one attached hydrogen (secondary N) is 1. The van der Waals surface area contributed by atoms with Gasteiger partial charge in [-0.05, 0) is 36.8 Å². The molecular weight excluding hydrogens is 386 g/mol. The Kier molecular flexibility index (Phi) is 6.71. The molecule has 134 valence electrons. The van der Waals surface area contributed by atoms with Gasteiger partial charge in [0.25, 0.3) is 0 Å². The van der Waals surface area contributed by atoms with Crippen LogP contribution in [0.2, 0.25) is 5.02 Å². The lowest BCUT2D eigenvalue weighted by molar-refractivity contribution is 0.0476. The Morgan fingerprint density at radius 3 is 2.68 bits per heavy atom. The second kappa shape index (κ2) is 8.57. The fraction of sp³-hybridized carbons (Fsp3) is 0.250. The van der Waals surface area contributed by atoms with Crippen LogP contribution >= 0.6 is 22.9 Å². The monoisotopic (exact) mass is 401 g/mol. The average molecular weight is 402 g/mol. The van der Waals surface area contributed by atoms with Crippen molar-refractivity contribution >= 4 is 44.7 Å². The third-order valence-corrected chi connectivity index (χ3v) is 5.22. The topological polar surface area (TPSA) is 89.5 Å². The first-order valence-corrected chi connectivity index (χ1v) is 10.3. The number of esters is 1. The summed E-state index contributed by atoms with van der Waals surface area (Å²) >= 11 is 7.05. The van der Waals surface area contributed by atoms with E-state index in [1.54, 1.807) is 30.3 Å². The van der Waals surface area contributed by atoms with Crippen LogP contribution in [-0.4, -0.2) is 39.6 Å². The number of ketones is 1. The summed E-state index contributed by atoms with van der Waals surface area (Å²) in [6, 6.07) is 9.66. The van der Waals surface area contributed by atoms with Gasteiger partial charge in [-0.25, -0.2) is 17.9 Å². The highest BCUT2D eigenvalue weighted by Gasteiger charge is 2.14. The maximum Gasteiger partial charge on any atom is 0.338 e. The van der Waals surface area contributed by atoms with Gasteiger partial charge in [0.05, 0.1) is 16.7 Å². The molecule has 0 saturated heterocycles. The predicted octanol–water partition coefficient (Wildman–Crippen LogP) is 2.53. The van der Waals surface area contributed by atoms with Crippen LogP contribution < -0.4 is 4.72 Å². The number of ether oxygens (including phenoxy) is 1. The molecule has 9 heteroatoms. The molecule has 25 heavy (non-hydrogen) atoms. The molecule has 1 N–H and O–H groups in total. The first-order chi connectivity index (χ1) is 11.7. The number of thiophene rings is 1. The fourth-order valence-corrected chi connectivity index (χ4v) is 3.52. The summed E-state index contributed by atoms with van der Waals surface area (Å²) in [7, 11) is -3.23. The number of Topliss-reactive ketones (excluding diaryl/α,β-unsaturated/α-hetero) is 1. The largest absolute Gasteiger partial charge is 0.454 e. The summed E-state index contributed by atoms with van der Waals surface area (Å²) in [6.45, 7) is -0.108. The third-order valence-electron chi connectivity index (χ3n) is 3.07. The van der Waals surface area contributed by atoms with Gasteiger partial charge in [-0.15, -0.1) is 11.3 Å². The van der Waals surface area contributed by atoms with Crippen LogP contribution in [-0.2, 0) is 21.2 Å². The van der Waals surface area contributed by atoms with E-state index < -0.39 is 16.0 Å². The smallest absolute Gasteiger partial charge is 0.338 e. The van der Waals surface area contributed by atoms with E-state index in [1.165, 1.54) is 17.4 Å². The number of carbonyl (C=O) groups excluding carboxylic acids is 2. The minimum atomic E-state index is -3.23. The van der Waals surface area contributed by atoms with E-state index in [9.17, 15) is 18.0 Å². The van der Waals surface area contributed by atoms with Crippen molar-refractivity contribution in [1.29, 1.82) is 0 Å². The van der Waals surface area contributed by atoms with E-state index in [0.29, 0.717) is 16.3 Å². The van der Waals surface area contributed by atoms with Crippen LogP contribution in [0.3, 0.4) is 0 Å². The first kappa shape index (κ1) is 19.6. The van der Waals surface area contributed by atoms with Crippen molar-refractivity contribution in [3.63, 3.8) is 0 Å². The lowest BCUT2D eigenvalue weighted by Gasteiger charge is -2.03. The molecule has 0 saturated carbocycles. The van der Waals surface area contributed by atoms with Gasteiger partial charge < -0.3 is 4.74 Å². The summed E-state index contributed by atoms with van der Waals surface area (Å²) in [5.41, 5.74) is 0.277. The Balaban J connectivity index is 1.86. The van der Waals surface area contributed by atoms with Crippen molar-refractivity contribution in [2.75, 3.05) is 19.4 Å². The van der Waals surface area contributed by atoms with E-state index in [2.05, 4.69) is 4.72 Å². The molecule has 2 rings (SSSR count). The summed E-state index contributed by atoms with van der Waals surface area (Å²) in [4.78, 5) is 25.3. The number of hydrogen-bond acceptors (Lipinski definition) is 6. The molecule has 0 fully saturated rings. The normalized spacial score (nSPS) is 11.3. The molecule has 1 heterocycles. The maximum absolute atomic E-state index is 12.1. The molecular formula is C16H16ClNO5S2. The van der Waals surface area contributed by atoms with Crippen LogP contribution in [0.15, 0.2) is 36.4 Å². The van der Waals surface area contributed by atoms with Gasteiger partial charge in [0.2, 0.25) is 15.8 Å².